The van der Waals surface area contributed by atoms with Gasteiger partial charge in [-0.15, -0.1) is 0 Å². The van der Waals surface area contributed by atoms with Crippen LogP contribution in [0, 0.1) is 0 Å². The maximum atomic E-state index is 12.7. The molecule has 0 bridgehead atoms. The number of β-amino-alcohol motifs (C(OH)–C–C–N with tert-alkyl or cyclic N) is 2. The molecule has 6 nitrogen and oxygen atoms in total. The van der Waals surface area contributed by atoms with Crippen LogP contribution in [-0.2, 0) is 17.1 Å². The first-order valence-corrected chi connectivity index (χ1v) is 9.68. The number of hydrogen-bond acceptors (Lipinski definition) is 6. The summed E-state index contributed by atoms with van der Waals surface area (Å²) in [4.78, 5) is 6.72. The van der Waals surface area contributed by atoms with Gasteiger partial charge in [0.1, 0.15) is 0 Å². The van der Waals surface area contributed by atoms with Gasteiger partial charge in [0.25, 0.3) is 0 Å². The summed E-state index contributed by atoms with van der Waals surface area (Å²) in [6, 6.07) is 9.54. The van der Waals surface area contributed by atoms with Crippen LogP contribution in [0.3, 0.4) is 0 Å². The Labute approximate surface area is 174 Å². The molecule has 1 aromatic rings. The summed E-state index contributed by atoms with van der Waals surface area (Å²) in [5.74, 6) is 0. The van der Waals surface area contributed by atoms with E-state index in [9.17, 15) is 15.3 Å². The van der Waals surface area contributed by atoms with Gasteiger partial charge in [-0.1, -0.05) is 42.0 Å². The molecule has 0 spiro atoms. The predicted octanol–water partition coefficient (Wildman–Crippen LogP) is -0.233. The third-order valence-corrected chi connectivity index (χ3v) is 4.84. The van der Waals surface area contributed by atoms with Crippen molar-refractivity contribution in [2.24, 2.45) is 0 Å². The van der Waals surface area contributed by atoms with Crippen molar-refractivity contribution >= 4 is 0 Å². The molecule has 1 aliphatic rings. The van der Waals surface area contributed by atoms with Gasteiger partial charge in [0.15, 0.2) is 0 Å². The summed E-state index contributed by atoms with van der Waals surface area (Å²) in [7, 11) is 0. The van der Waals surface area contributed by atoms with E-state index in [1.54, 1.807) is 13.8 Å². The van der Waals surface area contributed by atoms with E-state index in [-0.39, 0.29) is 29.3 Å². The minimum atomic E-state index is -0.757. The van der Waals surface area contributed by atoms with E-state index in [1.165, 1.54) is 0 Å². The topological polar surface area (TPSA) is 73.2 Å². The maximum Gasteiger partial charge on any atom is 2.00 e. The van der Waals surface area contributed by atoms with Gasteiger partial charge in [-0.2, -0.15) is 0 Å². The van der Waals surface area contributed by atoms with E-state index < -0.39 is 6.10 Å². The number of benzene rings is 1. The smallest absolute Gasteiger partial charge is 0.848 e. The molecule has 1 aliphatic heterocycles. The minimum absolute atomic E-state index is 0. The fourth-order valence-corrected chi connectivity index (χ4v) is 3.49. The third kappa shape index (κ3) is 9.50. The molecule has 3 atom stereocenters. The van der Waals surface area contributed by atoms with Gasteiger partial charge in [-0.3, -0.25) is 9.80 Å². The van der Waals surface area contributed by atoms with Crippen LogP contribution < -0.4 is 5.11 Å². The van der Waals surface area contributed by atoms with E-state index in [2.05, 4.69) is 14.7 Å². The van der Waals surface area contributed by atoms with Crippen molar-refractivity contribution in [1.82, 2.24) is 14.7 Å². The molecule has 0 aliphatic carbocycles. The molecule has 2 rings (SSSR count). The molecular formula is C20H34FeN3O3+. The van der Waals surface area contributed by atoms with Gasteiger partial charge >= 0.3 is 17.1 Å². The van der Waals surface area contributed by atoms with Crippen LogP contribution in [0.1, 0.15) is 25.5 Å². The molecule has 1 unspecified atom stereocenters. The number of nitrogens with zero attached hydrogens (tertiary/aromatic N) is 3. The van der Waals surface area contributed by atoms with Crippen molar-refractivity contribution in [3.05, 3.63) is 35.9 Å². The van der Waals surface area contributed by atoms with Crippen molar-refractivity contribution in [3.63, 3.8) is 0 Å². The Morgan fingerprint density at radius 1 is 0.778 bits per heavy atom. The van der Waals surface area contributed by atoms with Gasteiger partial charge in [0.05, 0.1) is 12.2 Å². The normalized spacial score (nSPS) is 21.4. The van der Waals surface area contributed by atoms with Crippen LogP contribution in [0.15, 0.2) is 30.3 Å². The Morgan fingerprint density at radius 3 is 1.52 bits per heavy atom. The first-order chi connectivity index (χ1) is 12.4. The maximum absolute atomic E-state index is 12.7. The van der Waals surface area contributed by atoms with Crippen molar-refractivity contribution < 1.29 is 32.4 Å². The van der Waals surface area contributed by atoms with Crippen LogP contribution in [0.5, 0.6) is 0 Å². The summed E-state index contributed by atoms with van der Waals surface area (Å²) in [6.45, 7) is 10.4. The Balaban J connectivity index is 0.00000364. The van der Waals surface area contributed by atoms with Crippen molar-refractivity contribution in [1.29, 1.82) is 0 Å². The summed E-state index contributed by atoms with van der Waals surface area (Å²) in [5.41, 5.74) is 0.828. The van der Waals surface area contributed by atoms with Crippen LogP contribution in [-0.4, -0.2) is 96.0 Å². The number of aliphatic hydroxyl groups excluding tert-OH is 2. The van der Waals surface area contributed by atoms with Crippen molar-refractivity contribution in [2.45, 2.75) is 32.2 Å². The Morgan fingerprint density at radius 2 is 1.15 bits per heavy atom. The second kappa shape index (κ2) is 12.9. The van der Waals surface area contributed by atoms with Gasteiger partial charge in [-0.25, -0.2) is 0 Å². The zero-order valence-electron chi connectivity index (χ0n) is 16.5. The molecule has 1 heterocycles. The van der Waals surface area contributed by atoms with Gasteiger partial charge in [-0.05, 0) is 20.4 Å². The fraction of sp³-hybridized carbons (Fsp3) is 0.700. The van der Waals surface area contributed by atoms with Crippen molar-refractivity contribution in [3.8, 4) is 0 Å². The molecule has 0 saturated carbocycles. The molecule has 1 aromatic carbocycles. The summed E-state index contributed by atoms with van der Waals surface area (Å²) in [6.07, 6.45) is -1.50. The Hall–Kier alpha value is -0.501. The summed E-state index contributed by atoms with van der Waals surface area (Å²) >= 11 is 0. The third-order valence-electron chi connectivity index (χ3n) is 4.84. The van der Waals surface area contributed by atoms with Crippen LogP contribution in [0.2, 0.25) is 0 Å². The van der Waals surface area contributed by atoms with E-state index in [1.807, 2.05) is 30.3 Å². The molecule has 1 fully saturated rings. The molecule has 1 saturated heterocycles. The van der Waals surface area contributed by atoms with Crippen LogP contribution in [0.4, 0.5) is 0 Å². The number of rotatable bonds is 7. The first-order valence-electron chi connectivity index (χ1n) is 9.68. The van der Waals surface area contributed by atoms with E-state index in [4.69, 9.17) is 0 Å². The Kier molecular flexibility index (Phi) is 11.7. The van der Waals surface area contributed by atoms with Gasteiger partial charge in [0.2, 0.25) is 0 Å². The van der Waals surface area contributed by atoms with E-state index >= 15 is 0 Å². The largest absolute Gasteiger partial charge is 2.00 e. The Bertz CT molecular complexity index is 483. The molecule has 154 valence electrons. The molecule has 27 heavy (non-hydrogen) atoms. The standard InChI is InChI=1S/C20H34N3O3.Fe/c1-17(24)14-21-8-9-22(15-18(2)25)11-13-23(12-10-21)16-20(26)19-6-4-3-5-7-19;/h3-7,17-18,20,24-25H,8-16H2,1-2H3;/q-1;+2/t17-,18-,20?;/m0./s1. The molecule has 7 heteroatoms. The summed E-state index contributed by atoms with van der Waals surface area (Å²) in [5, 5.41) is 32.1. The molecule has 0 radical (unpaired) electrons. The quantitative estimate of drug-likeness (QED) is 0.594. The molecule has 0 amide bonds. The van der Waals surface area contributed by atoms with Gasteiger partial charge in [0, 0.05) is 52.4 Å². The zero-order valence-corrected chi connectivity index (χ0v) is 17.6. The number of aliphatic hydroxyl groups is 2. The monoisotopic (exact) mass is 420 g/mol. The van der Waals surface area contributed by atoms with E-state index in [0.29, 0.717) is 19.6 Å². The SMILES string of the molecule is C[C@H](O)CN1CCN(CC([O-])c2ccccc2)CCN(C[C@H](C)O)CC1.[Fe+2]. The van der Waals surface area contributed by atoms with Crippen LogP contribution in [0.25, 0.3) is 0 Å². The second-order valence-electron chi connectivity index (χ2n) is 7.50. The molecule has 0 aromatic heterocycles. The predicted molar refractivity (Wildman–Crippen MR) is 102 cm³/mol. The second-order valence-corrected chi connectivity index (χ2v) is 7.50. The fourth-order valence-electron chi connectivity index (χ4n) is 3.49. The molecule has 2 N–H and O–H groups in total. The summed E-state index contributed by atoms with van der Waals surface area (Å²) < 4.78 is 0. The van der Waals surface area contributed by atoms with Crippen LogP contribution >= 0.6 is 0 Å². The zero-order chi connectivity index (χ0) is 18.9. The average Bonchev–Trinajstić information content (AvgIpc) is 2.68. The average molecular weight is 420 g/mol. The minimum Gasteiger partial charge on any atom is -0.848 e. The molecular weight excluding hydrogens is 386 g/mol. The first kappa shape index (κ1) is 24.5. The number of hydrogen-bond donors (Lipinski definition) is 2. The van der Waals surface area contributed by atoms with E-state index in [0.717, 1.165) is 44.8 Å². The van der Waals surface area contributed by atoms with Crippen molar-refractivity contribution in [2.75, 3.05) is 58.9 Å². The van der Waals surface area contributed by atoms with Gasteiger partial charge < -0.3 is 20.2 Å².